The van der Waals surface area contributed by atoms with Crippen molar-refractivity contribution in [2.24, 2.45) is 0 Å². The molecule has 0 aliphatic carbocycles. The largest absolute Gasteiger partial charge is 0.497 e. The Bertz CT molecular complexity index is 901. The topological polar surface area (TPSA) is 77.2 Å². The number of hydrogen-bond donors (Lipinski definition) is 2. The van der Waals surface area contributed by atoms with E-state index < -0.39 is 0 Å². The molecule has 3 rings (SSSR count). The number of amides is 1. The van der Waals surface area contributed by atoms with E-state index in [1.807, 2.05) is 44.2 Å². The number of nitrogens with two attached hydrogens (primary N) is 1. The van der Waals surface area contributed by atoms with Gasteiger partial charge in [0.05, 0.1) is 12.8 Å². The van der Waals surface area contributed by atoms with Gasteiger partial charge in [-0.25, -0.2) is 4.98 Å². The maximum Gasteiger partial charge on any atom is 0.263 e. The highest BCUT2D eigenvalue weighted by molar-refractivity contribution is 7.21. The van der Waals surface area contributed by atoms with Gasteiger partial charge in [-0.3, -0.25) is 4.79 Å². The number of thiophene rings is 1. The summed E-state index contributed by atoms with van der Waals surface area (Å²) in [7, 11) is 1.62. The molecular formula is C18H19N3O2S. The highest BCUT2D eigenvalue weighted by Crippen LogP contribution is 2.34. The van der Waals surface area contributed by atoms with Crippen molar-refractivity contribution in [1.29, 1.82) is 0 Å². The van der Waals surface area contributed by atoms with Gasteiger partial charge in [-0.05, 0) is 43.2 Å². The molecule has 3 N–H and O–H groups in total. The second-order valence-electron chi connectivity index (χ2n) is 5.64. The number of carbonyl (C=O) groups is 1. The summed E-state index contributed by atoms with van der Waals surface area (Å²) in [5, 5.41) is 3.79. The lowest BCUT2D eigenvalue weighted by atomic mass is 10.1. The Kier molecular flexibility index (Phi) is 4.40. The molecule has 0 unspecified atom stereocenters. The van der Waals surface area contributed by atoms with Gasteiger partial charge in [-0.1, -0.05) is 12.1 Å². The zero-order valence-corrected chi connectivity index (χ0v) is 14.7. The number of ether oxygens (including phenoxy) is 1. The number of fused-ring (bicyclic) bond motifs is 1. The van der Waals surface area contributed by atoms with E-state index in [-0.39, 0.29) is 5.91 Å². The lowest BCUT2D eigenvalue weighted by molar-refractivity contribution is 0.0956. The van der Waals surface area contributed by atoms with Gasteiger partial charge in [-0.2, -0.15) is 0 Å². The average molecular weight is 341 g/mol. The third-order valence-corrected chi connectivity index (χ3v) is 4.94. The Balaban J connectivity index is 1.80. The second-order valence-corrected chi connectivity index (χ2v) is 6.64. The number of pyridine rings is 1. The molecule has 5 nitrogen and oxygen atoms in total. The van der Waals surface area contributed by atoms with E-state index in [4.69, 9.17) is 10.5 Å². The smallest absolute Gasteiger partial charge is 0.263 e. The van der Waals surface area contributed by atoms with Crippen LogP contribution in [0.4, 0.5) is 5.69 Å². The maximum absolute atomic E-state index is 12.5. The Labute approximate surface area is 144 Å². The van der Waals surface area contributed by atoms with E-state index in [0.29, 0.717) is 17.1 Å². The minimum Gasteiger partial charge on any atom is -0.497 e. The summed E-state index contributed by atoms with van der Waals surface area (Å²) >= 11 is 1.33. The van der Waals surface area contributed by atoms with Crippen LogP contribution in [0.1, 0.15) is 26.5 Å². The second kappa shape index (κ2) is 6.49. The number of rotatable bonds is 4. The molecule has 2 heterocycles. The molecule has 2 aromatic heterocycles. The fraction of sp³-hybridized carbons (Fsp3) is 0.222. The number of carbonyl (C=O) groups excluding carboxylic acids is 1. The molecule has 0 saturated carbocycles. The quantitative estimate of drug-likeness (QED) is 0.762. The molecule has 0 bridgehead atoms. The first-order chi connectivity index (χ1) is 11.5. The lowest BCUT2D eigenvalue weighted by Gasteiger charge is -2.06. The monoisotopic (exact) mass is 341 g/mol. The van der Waals surface area contributed by atoms with Crippen LogP contribution in [0.15, 0.2) is 30.3 Å². The summed E-state index contributed by atoms with van der Waals surface area (Å²) in [5.74, 6) is 0.610. The number of aromatic nitrogens is 1. The van der Waals surface area contributed by atoms with E-state index in [1.54, 1.807) is 7.11 Å². The first kappa shape index (κ1) is 16.3. The fourth-order valence-electron chi connectivity index (χ4n) is 2.64. The van der Waals surface area contributed by atoms with Crippen LogP contribution in [-0.2, 0) is 6.54 Å². The van der Waals surface area contributed by atoms with Crippen LogP contribution in [-0.4, -0.2) is 18.0 Å². The highest BCUT2D eigenvalue weighted by atomic mass is 32.1. The van der Waals surface area contributed by atoms with Gasteiger partial charge in [0.25, 0.3) is 5.91 Å². The Morgan fingerprint density at radius 3 is 2.67 bits per heavy atom. The van der Waals surface area contributed by atoms with Gasteiger partial charge in [0, 0.05) is 17.6 Å². The van der Waals surface area contributed by atoms with Crippen molar-refractivity contribution < 1.29 is 9.53 Å². The summed E-state index contributed by atoms with van der Waals surface area (Å²) in [6, 6.07) is 9.55. The van der Waals surface area contributed by atoms with E-state index >= 15 is 0 Å². The predicted octanol–water partition coefficient (Wildman–Crippen LogP) is 3.43. The van der Waals surface area contributed by atoms with Crippen molar-refractivity contribution in [3.05, 3.63) is 52.0 Å². The van der Waals surface area contributed by atoms with Crippen LogP contribution in [0.2, 0.25) is 0 Å². The zero-order valence-electron chi connectivity index (χ0n) is 13.8. The minimum atomic E-state index is -0.177. The van der Waals surface area contributed by atoms with Crippen molar-refractivity contribution in [2.75, 3.05) is 12.8 Å². The molecule has 1 aromatic carbocycles. The van der Waals surface area contributed by atoms with Gasteiger partial charge in [0.2, 0.25) is 0 Å². The van der Waals surface area contributed by atoms with E-state index in [1.165, 1.54) is 11.3 Å². The molecular weight excluding hydrogens is 322 g/mol. The number of anilines is 1. The van der Waals surface area contributed by atoms with Crippen molar-refractivity contribution in [3.8, 4) is 5.75 Å². The van der Waals surface area contributed by atoms with Crippen LogP contribution in [0.25, 0.3) is 10.2 Å². The summed E-state index contributed by atoms with van der Waals surface area (Å²) in [6.07, 6.45) is 0. The number of hydrogen-bond acceptors (Lipinski definition) is 5. The standard InChI is InChI=1S/C18H19N3O2S/c1-10-8-11(2)21-18-14(10)15(19)16(24-18)17(22)20-9-12-4-6-13(23-3)7-5-12/h4-8H,9,19H2,1-3H3,(H,20,22). The van der Waals surface area contributed by atoms with Gasteiger partial charge >= 0.3 is 0 Å². The van der Waals surface area contributed by atoms with E-state index in [0.717, 1.165) is 32.8 Å². The van der Waals surface area contributed by atoms with Crippen LogP contribution in [0, 0.1) is 13.8 Å². The third-order valence-electron chi connectivity index (χ3n) is 3.84. The summed E-state index contributed by atoms with van der Waals surface area (Å²) in [4.78, 5) is 18.3. The maximum atomic E-state index is 12.5. The molecule has 3 aromatic rings. The number of nitrogens with zero attached hydrogens (tertiary/aromatic N) is 1. The highest BCUT2D eigenvalue weighted by Gasteiger charge is 2.18. The molecule has 0 saturated heterocycles. The van der Waals surface area contributed by atoms with Crippen LogP contribution >= 0.6 is 11.3 Å². The number of benzene rings is 1. The number of aryl methyl sites for hydroxylation is 2. The van der Waals surface area contributed by atoms with Gasteiger partial charge < -0.3 is 15.8 Å². The lowest BCUT2D eigenvalue weighted by Crippen LogP contribution is -2.22. The molecule has 6 heteroatoms. The molecule has 0 aliphatic rings. The van der Waals surface area contributed by atoms with Crippen molar-refractivity contribution >= 4 is 33.1 Å². The zero-order chi connectivity index (χ0) is 17.3. The molecule has 0 atom stereocenters. The van der Waals surface area contributed by atoms with Gasteiger partial charge in [0.15, 0.2) is 0 Å². The van der Waals surface area contributed by atoms with Gasteiger partial charge in [0.1, 0.15) is 15.5 Å². The first-order valence-corrected chi connectivity index (χ1v) is 8.38. The third kappa shape index (κ3) is 3.05. The normalized spacial score (nSPS) is 10.8. The molecule has 0 fully saturated rings. The van der Waals surface area contributed by atoms with Crippen molar-refractivity contribution in [1.82, 2.24) is 10.3 Å². The predicted molar refractivity (Wildman–Crippen MR) is 97.7 cm³/mol. The van der Waals surface area contributed by atoms with Crippen molar-refractivity contribution in [3.63, 3.8) is 0 Å². The molecule has 24 heavy (non-hydrogen) atoms. The molecule has 124 valence electrons. The summed E-state index contributed by atoms with van der Waals surface area (Å²) < 4.78 is 5.13. The van der Waals surface area contributed by atoms with E-state index in [9.17, 15) is 4.79 Å². The molecule has 0 radical (unpaired) electrons. The number of nitrogen functional groups attached to an aromatic ring is 1. The Morgan fingerprint density at radius 2 is 2.00 bits per heavy atom. The Morgan fingerprint density at radius 1 is 1.29 bits per heavy atom. The fourth-order valence-corrected chi connectivity index (χ4v) is 3.78. The molecule has 1 amide bonds. The average Bonchev–Trinajstić information content (AvgIpc) is 2.90. The van der Waals surface area contributed by atoms with Gasteiger partial charge in [-0.15, -0.1) is 11.3 Å². The Hall–Kier alpha value is -2.60. The van der Waals surface area contributed by atoms with E-state index in [2.05, 4.69) is 10.3 Å². The van der Waals surface area contributed by atoms with Crippen molar-refractivity contribution in [2.45, 2.75) is 20.4 Å². The molecule has 0 spiro atoms. The SMILES string of the molecule is COc1ccc(CNC(=O)c2sc3nc(C)cc(C)c3c2N)cc1. The van der Waals surface area contributed by atoms with Crippen LogP contribution < -0.4 is 15.8 Å². The summed E-state index contributed by atoms with van der Waals surface area (Å²) in [5.41, 5.74) is 9.66. The minimum absolute atomic E-state index is 0.177. The number of methoxy groups -OCH3 is 1. The van der Waals surface area contributed by atoms with Crippen LogP contribution in [0.5, 0.6) is 5.75 Å². The van der Waals surface area contributed by atoms with Crippen LogP contribution in [0.3, 0.4) is 0 Å². The first-order valence-electron chi connectivity index (χ1n) is 7.57. The molecule has 0 aliphatic heterocycles. The summed E-state index contributed by atoms with van der Waals surface area (Å²) in [6.45, 7) is 4.35. The number of nitrogens with one attached hydrogen (secondary N) is 1.